The van der Waals surface area contributed by atoms with E-state index >= 15 is 0 Å². The molecule has 0 radical (unpaired) electrons. The molecule has 0 N–H and O–H groups in total. The minimum Gasteiger partial charge on any atom is -0.497 e. The Bertz CT molecular complexity index is 589. The summed E-state index contributed by atoms with van der Waals surface area (Å²) in [7, 11) is 2.34. The van der Waals surface area contributed by atoms with Gasteiger partial charge < -0.3 is 9.64 Å². The van der Waals surface area contributed by atoms with E-state index in [9.17, 15) is 4.79 Å². The maximum atomic E-state index is 12.7. The predicted molar refractivity (Wildman–Crippen MR) is 91.0 cm³/mol. The zero-order valence-corrected chi connectivity index (χ0v) is 14.9. The standard InChI is InChI=1S/C17H25NO2Si/c1-17(10-7-11-21(4,5)6)14-9-8-13(20-3)12-15(14)18(2)16(17)19/h7-10,12H,11H2,1-6H3/b10-7+. The molecule has 21 heavy (non-hydrogen) atoms. The second-order valence-electron chi connectivity index (χ2n) is 7.12. The lowest BCUT2D eigenvalue weighted by Crippen LogP contribution is -2.34. The lowest BCUT2D eigenvalue weighted by Gasteiger charge is -2.20. The average Bonchev–Trinajstić information content (AvgIpc) is 2.60. The van der Waals surface area contributed by atoms with Crippen LogP contribution in [0.25, 0.3) is 0 Å². The second-order valence-corrected chi connectivity index (χ2v) is 12.6. The maximum Gasteiger partial charge on any atom is 0.241 e. The number of ether oxygens (including phenoxy) is 1. The summed E-state index contributed by atoms with van der Waals surface area (Å²) in [6.45, 7) is 9.01. The van der Waals surface area contributed by atoms with Crippen molar-refractivity contribution in [3.8, 4) is 5.75 Å². The molecule has 4 heteroatoms. The highest BCUT2D eigenvalue weighted by Crippen LogP contribution is 2.43. The fourth-order valence-corrected chi connectivity index (χ4v) is 3.56. The highest BCUT2D eigenvalue weighted by molar-refractivity contribution is 6.76. The third kappa shape index (κ3) is 2.90. The molecule has 1 unspecified atom stereocenters. The smallest absolute Gasteiger partial charge is 0.241 e. The average molecular weight is 303 g/mol. The van der Waals surface area contributed by atoms with Crippen LogP contribution in [0.15, 0.2) is 30.4 Å². The number of methoxy groups -OCH3 is 1. The number of hydrogen-bond acceptors (Lipinski definition) is 2. The largest absolute Gasteiger partial charge is 0.497 e. The third-order valence-corrected chi connectivity index (χ3v) is 5.52. The molecule has 114 valence electrons. The highest BCUT2D eigenvalue weighted by Gasteiger charge is 2.44. The van der Waals surface area contributed by atoms with Crippen molar-refractivity contribution in [2.45, 2.75) is 38.0 Å². The number of benzene rings is 1. The molecule has 0 aliphatic carbocycles. The molecule has 3 nitrogen and oxygen atoms in total. The molecule has 1 aliphatic heterocycles. The van der Waals surface area contributed by atoms with Gasteiger partial charge in [-0.25, -0.2) is 0 Å². The van der Waals surface area contributed by atoms with E-state index in [1.807, 2.05) is 32.2 Å². The van der Waals surface area contributed by atoms with E-state index in [0.717, 1.165) is 23.0 Å². The SMILES string of the molecule is COc1ccc2c(c1)N(C)C(=O)C2(C)/C=C/C[Si](C)(C)C. The van der Waals surface area contributed by atoms with Gasteiger partial charge in [0.05, 0.1) is 18.2 Å². The van der Waals surface area contributed by atoms with Gasteiger partial charge in [-0.3, -0.25) is 4.79 Å². The molecule has 1 aromatic rings. The topological polar surface area (TPSA) is 29.5 Å². The Morgan fingerprint density at radius 2 is 2.00 bits per heavy atom. The lowest BCUT2D eigenvalue weighted by atomic mass is 9.83. The van der Waals surface area contributed by atoms with E-state index in [-0.39, 0.29) is 5.91 Å². The minimum absolute atomic E-state index is 0.123. The van der Waals surface area contributed by atoms with Crippen molar-refractivity contribution in [2.24, 2.45) is 0 Å². The van der Waals surface area contributed by atoms with Crippen molar-refractivity contribution < 1.29 is 9.53 Å². The van der Waals surface area contributed by atoms with Gasteiger partial charge in [0, 0.05) is 21.2 Å². The monoisotopic (exact) mass is 303 g/mol. The van der Waals surface area contributed by atoms with Crippen LogP contribution in [0.3, 0.4) is 0 Å². The molecule has 1 amide bonds. The number of carbonyl (C=O) groups is 1. The Hall–Kier alpha value is -1.55. The predicted octanol–water partition coefficient (Wildman–Crippen LogP) is 3.82. The number of likely N-dealkylation sites (N-methyl/N-ethyl adjacent to an activating group) is 1. The fraction of sp³-hybridized carbons (Fsp3) is 0.471. The number of anilines is 1. The Morgan fingerprint density at radius 1 is 1.33 bits per heavy atom. The van der Waals surface area contributed by atoms with Crippen molar-refractivity contribution in [1.82, 2.24) is 0 Å². The van der Waals surface area contributed by atoms with E-state index in [4.69, 9.17) is 4.74 Å². The van der Waals surface area contributed by atoms with Crippen LogP contribution in [0.1, 0.15) is 12.5 Å². The highest BCUT2D eigenvalue weighted by atomic mass is 28.3. The van der Waals surface area contributed by atoms with Crippen LogP contribution in [0, 0.1) is 0 Å². The summed E-state index contributed by atoms with van der Waals surface area (Å²) in [4.78, 5) is 14.4. The quantitative estimate of drug-likeness (QED) is 0.625. The van der Waals surface area contributed by atoms with Crippen LogP contribution in [0.5, 0.6) is 5.75 Å². The number of rotatable bonds is 4. The summed E-state index contributed by atoms with van der Waals surface area (Å²) in [5.74, 6) is 0.904. The Labute approximate surface area is 128 Å². The first-order valence-corrected chi connectivity index (χ1v) is 11.0. The summed E-state index contributed by atoms with van der Waals surface area (Å²) in [6, 6.07) is 6.96. The molecule has 0 bridgehead atoms. The normalized spacial score (nSPS) is 22.0. The molecular formula is C17H25NO2Si. The van der Waals surface area contributed by atoms with E-state index in [2.05, 4.69) is 31.8 Å². The van der Waals surface area contributed by atoms with Crippen molar-refractivity contribution >= 4 is 19.7 Å². The molecular weight excluding hydrogens is 278 g/mol. The molecule has 0 aromatic heterocycles. The van der Waals surface area contributed by atoms with E-state index in [1.165, 1.54) is 0 Å². The van der Waals surface area contributed by atoms with Crippen molar-refractivity contribution in [3.63, 3.8) is 0 Å². The Morgan fingerprint density at radius 3 is 2.57 bits per heavy atom. The Balaban J connectivity index is 2.40. The summed E-state index contributed by atoms with van der Waals surface area (Å²) < 4.78 is 5.27. The number of nitrogens with zero attached hydrogens (tertiary/aromatic N) is 1. The van der Waals surface area contributed by atoms with Gasteiger partial charge in [0.2, 0.25) is 5.91 Å². The summed E-state index contributed by atoms with van der Waals surface area (Å²) in [5, 5.41) is 0. The van der Waals surface area contributed by atoms with Crippen molar-refractivity contribution in [1.29, 1.82) is 0 Å². The molecule has 0 saturated heterocycles. The van der Waals surface area contributed by atoms with Gasteiger partial charge in [0.1, 0.15) is 5.75 Å². The first-order valence-electron chi connectivity index (χ1n) is 7.33. The molecule has 1 aromatic carbocycles. The van der Waals surface area contributed by atoms with Gasteiger partial charge in [-0.05, 0) is 24.6 Å². The van der Waals surface area contributed by atoms with Crippen LogP contribution < -0.4 is 9.64 Å². The van der Waals surface area contributed by atoms with Crippen molar-refractivity contribution in [2.75, 3.05) is 19.1 Å². The first kappa shape index (κ1) is 15.8. The van der Waals surface area contributed by atoms with Crippen molar-refractivity contribution in [3.05, 3.63) is 35.9 Å². The number of carbonyl (C=O) groups excluding carboxylic acids is 1. The lowest BCUT2D eigenvalue weighted by molar-refractivity contribution is -0.120. The van der Waals surface area contributed by atoms with Gasteiger partial charge in [0.15, 0.2) is 0 Å². The van der Waals surface area contributed by atoms with Gasteiger partial charge >= 0.3 is 0 Å². The first-order chi connectivity index (χ1) is 9.69. The van der Waals surface area contributed by atoms with E-state index < -0.39 is 13.5 Å². The molecule has 1 aliphatic rings. The second kappa shape index (κ2) is 5.33. The summed E-state index contributed by atoms with van der Waals surface area (Å²) in [5.41, 5.74) is 1.44. The molecule has 0 spiro atoms. The summed E-state index contributed by atoms with van der Waals surface area (Å²) in [6.07, 6.45) is 4.28. The van der Waals surface area contributed by atoms with Crippen LogP contribution in [-0.2, 0) is 10.2 Å². The molecule has 0 fully saturated rings. The number of hydrogen-bond donors (Lipinski definition) is 0. The van der Waals surface area contributed by atoms with Gasteiger partial charge in [-0.2, -0.15) is 0 Å². The van der Waals surface area contributed by atoms with Gasteiger partial charge in [0.25, 0.3) is 0 Å². The fourth-order valence-electron chi connectivity index (χ4n) is 2.74. The van der Waals surface area contributed by atoms with Gasteiger partial charge in [-0.1, -0.05) is 37.9 Å². The van der Waals surface area contributed by atoms with Crippen LogP contribution in [0.4, 0.5) is 5.69 Å². The number of allylic oxidation sites excluding steroid dienone is 1. The summed E-state index contributed by atoms with van der Waals surface area (Å²) >= 11 is 0. The number of amides is 1. The number of fused-ring (bicyclic) bond motifs is 1. The van der Waals surface area contributed by atoms with Gasteiger partial charge in [-0.15, -0.1) is 0 Å². The zero-order chi connectivity index (χ0) is 15.8. The Kier molecular flexibility index (Phi) is 4.02. The molecule has 1 atom stereocenters. The minimum atomic E-state index is -1.14. The van der Waals surface area contributed by atoms with E-state index in [1.54, 1.807) is 12.0 Å². The maximum absolute atomic E-state index is 12.7. The molecule has 0 saturated carbocycles. The van der Waals surface area contributed by atoms with E-state index in [0.29, 0.717) is 0 Å². The zero-order valence-electron chi connectivity index (χ0n) is 13.9. The molecule has 2 rings (SSSR count). The molecule has 1 heterocycles. The van der Waals surface area contributed by atoms with Crippen LogP contribution in [0.2, 0.25) is 25.7 Å². The van der Waals surface area contributed by atoms with Crippen LogP contribution >= 0.6 is 0 Å². The van der Waals surface area contributed by atoms with Crippen LogP contribution in [-0.4, -0.2) is 28.1 Å². The third-order valence-electron chi connectivity index (χ3n) is 4.06.